The lowest BCUT2D eigenvalue weighted by Gasteiger charge is -2.21. The second-order valence-corrected chi connectivity index (χ2v) is 6.62. The van der Waals surface area contributed by atoms with Crippen molar-refractivity contribution in [3.8, 4) is 0 Å². The number of hydrogen-bond donors (Lipinski definition) is 3. The molecule has 1 rings (SSSR count). The van der Waals surface area contributed by atoms with Crippen LogP contribution in [0.4, 0.5) is 4.79 Å². The Morgan fingerprint density at radius 1 is 1.29 bits per heavy atom. The van der Waals surface area contributed by atoms with Crippen LogP contribution >= 0.6 is 0 Å². The van der Waals surface area contributed by atoms with Gasteiger partial charge in [-0.3, -0.25) is 0 Å². The second-order valence-electron chi connectivity index (χ2n) is 6.62. The van der Waals surface area contributed by atoms with Gasteiger partial charge in [-0.1, -0.05) is 13.8 Å². The molecule has 1 heterocycles. The van der Waals surface area contributed by atoms with E-state index in [1.54, 1.807) is 0 Å². The van der Waals surface area contributed by atoms with Crippen LogP contribution in [0.2, 0.25) is 0 Å². The SMILES string of the molecule is CC(C)C[C@H](NC(=O)NCC1CCN(C(C)C)C1)C(=O)O. The van der Waals surface area contributed by atoms with Gasteiger partial charge in [0.1, 0.15) is 6.04 Å². The molecule has 1 unspecified atom stereocenters. The molecule has 1 saturated heterocycles. The van der Waals surface area contributed by atoms with Gasteiger partial charge in [-0.25, -0.2) is 9.59 Å². The summed E-state index contributed by atoms with van der Waals surface area (Å²) in [7, 11) is 0. The molecule has 2 amide bonds. The number of carboxylic acids is 1. The summed E-state index contributed by atoms with van der Waals surface area (Å²) < 4.78 is 0. The number of hydrogen-bond acceptors (Lipinski definition) is 3. The van der Waals surface area contributed by atoms with Crippen LogP contribution in [0.1, 0.15) is 40.5 Å². The fourth-order valence-corrected chi connectivity index (χ4v) is 2.64. The van der Waals surface area contributed by atoms with E-state index in [-0.39, 0.29) is 11.9 Å². The molecule has 1 aliphatic rings. The molecule has 0 radical (unpaired) electrons. The first-order valence-electron chi connectivity index (χ1n) is 7.80. The summed E-state index contributed by atoms with van der Waals surface area (Å²) >= 11 is 0. The lowest BCUT2D eigenvalue weighted by Crippen LogP contribution is -2.47. The predicted octanol–water partition coefficient (Wildman–Crippen LogP) is 1.52. The lowest BCUT2D eigenvalue weighted by molar-refractivity contribution is -0.139. The summed E-state index contributed by atoms with van der Waals surface area (Å²) in [6, 6.07) is -0.668. The smallest absolute Gasteiger partial charge is 0.326 e. The Kier molecular flexibility index (Phi) is 6.95. The molecule has 3 N–H and O–H groups in total. The number of carbonyl (C=O) groups excluding carboxylic acids is 1. The van der Waals surface area contributed by atoms with E-state index in [0.717, 1.165) is 19.5 Å². The Hall–Kier alpha value is -1.30. The van der Waals surface area contributed by atoms with Gasteiger partial charge in [-0.2, -0.15) is 0 Å². The summed E-state index contributed by atoms with van der Waals surface area (Å²) in [5, 5.41) is 14.4. The van der Waals surface area contributed by atoms with Gasteiger partial charge >= 0.3 is 12.0 Å². The molecular weight excluding hydrogens is 270 g/mol. The molecule has 0 bridgehead atoms. The van der Waals surface area contributed by atoms with E-state index in [1.165, 1.54) is 0 Å². The minimum Gasteiger partial charge on any atom is -0.480 e. The molecule has 6 heteroatoms. The van der Waals surface area contributed by atoms with Crippen LogP contribution in [0.5, 0.6) is 0 Å². The largest absolute Gasteiger partial charge is 0.480 e. The van der Waals surface area contributed by atoms with Gasteiger partial charge in [0.25, 0.3) is 0 Å². The number of urea groups is 1. The zero-order valence-electron chi connectivity index (χ0n) is 13.6. The summed E-state index contributed by atoms with van der Waals surface area (Å²) in [4.78, 5) is 25.3. The van der Waals surface area contributed by atoms with Crippen LogP contribution in [0, 0.1) is 11.8 Å². The van der Waals surface area contributed by atoms with Crippen molar-refractivity contribution in [3.63, 3.8) is 0 Å². The van der Waals surface area contributed by atoms with Crippen molar-refractivity contribution in [1.82, 2.24) is 15.5 Å². The molecule has 0 aromatic carbocycles. The fraction of sp³-hybridized carbons (Fsp3) is 0.867. The van der Waals surface area contributed by atoms with Crippen LogP contribution < -0.4 is 10.6 Å². The van der Waals surface area contributed by atoms with E-state index >= 15 is 0 Å². The Labute approximate surface area is 127 Å². The molecule has 0 aromatic rings. The standard InChI is InChI=1S/C15H29N3O3/c1-10(2)7-13(14(19)20)17-15(21)16-8-12-5-6-18(9-12)11(3)4/h10-13H,5-9H2,1-4H3,(H,19,20)(H2,16,17,21)/t12?,13-/m0/s1. The highest BCUT2D eigenvalue weighted by Gasteiger charge is 2.25. The average molecular weight is 299 g/mol. The fourth-order valence-electron chi connectivity index (χ4n) is 2.64. The first-order chi connectivity index (χ1) is 9.79. The molecular formula is C15H29N3O3. The molecule has 1 aliphatic heterocycles. The highest BCUT2D eigenvalue weighted by atomic mass is 16.4. The van der Waals surface area contributed by atoms with Crippen molar-refractivity contribution >= 4 is 12.0 Å². The van der Waals surface area contributed by atoms with Gasteiger partial charge in [0.2, 0.25) is 0 Å². The van der Waals surface area contributed by atoms with Crippen LogP contribution in [0.3, 0.4) is 0 Å². The Morgan fingerprint density at radius 2 is 1.95 bits per heavy atom. The van der Waals surface area contributed by atoms with Gasteiger partial charge in [0, 0.05) is 19.1 Å². The minimum absolute atomic E-state index is 0.223. The van der Waals surface area contributed by atoms with Crippen molar-refractivity contribution in [2.24, 2.45) is 11.8 Å². The molecule has 2 atom stereocenters. The van der Waals surface area contributed by atoms with Crippen LogP contribution in [0.15, 0.2) is 0 Å². The number of carbonyl (C=O) groups is 2. The number of amides is 2. The molecule has 122 valence electrons. The predicted molar refractivity (Wildman–Crippen MR) is 82.2 cm³/mol. The van der Waals surface area contributed by atoms with Gasteiger partial charge < -0.3 is 20.6 Å². The van der Waals surface area contributed by atoms with E-state index in [9.17, 15) is 9.59 Å². The molecule has 0 aliphatic carbocycles. The Morgan fingerprint density at radius 3 is 2.43 bits per heavy atom. The third kappa shape index (κ3) is 6.33. The Bertz CT molecular complexity index is 358. The van der Waals surface area contributed by atoms with Gasteiger partial charge in [-0.05, 0) is 45.1 Å². The number of rotatable bonds is 7. The van der Waals surface area contributed by atoms with E-state index in [1.807, 2.05) is 13.8 Å². The van der Waals surface area contributed by atoms with Gasteiger partial charge in [0.15, 0.2) is 0 Å². The van der Waals surface area contributed by atoms with E-state index < -0.39 is 12.0 Å². The summed E-state index contributed by atoms with van der Waals surface area (Å²) in [6.45, 7) is 10.9. The third-order valence-corrected chi connectivity index (χ3v) is 3.91. The van der Waals surface area contributed by atoms with E-state index in [2.05, 4.69) is 29.4 Å². The lowest BCUT2D eigenvalue weighted by atomic mass is 10.0. The highest BCUT2D eigenvalue weighted by molar-refractivity contribution is 5.82. The first-order valence-corrected chi connectivity index (χ1v) is 7.80. The highest BCUT2D eigenvalue weighted by Crippen LogP contribution is 2.17. The number of nitrogens with zero attached hydrogens (tertiary/aromatic N) is 1. The van der Waals surface area contributed by atoms with Crippen LogP contribution in [0.25, 0.3) is 0 Å². The topological polar surface area (TPSA) is 81.7 Å². The number of likely N-dealkylation sites (tertiary alicyclic amines) is 1. The number of nitrogens with one attached hydrogen (secondary N) is 2. The molecule has 21 heavy (non-hydrogen) atoms. The third-order valence-electron chi connectivity index (χ3n) is 3.91. The summed E-state index contributed by atoms with van der Waals surface area (Å²) in [5.74, 6) is -0.307. The minimum atomic E-state index is -0.981. The summed E-state index contributed by atoms with van der Waals surface area (Å²) in [5.41, 5.74) is 0. The van der Waals surface area contributed by atoms with Gasteiger partial charge in [-0.15, -0.1) is 0 Å². The Balaban J connectivity index is 2.32. The monoisotopic (exact) mass is 299 g/mol. The molecule has 1 fully saturated rings. The number of aliphatic carboxylic acids is 1. The van der Waals surface area contributed by atoms with E-state index in [0.29, 0.717) is 24.9 Å². The zero-order valence-corrected chi connectivity index (χ0v) is 13.6. The zero-order chi connectivity index (χ0) is 16.0. The van der Waals surface area contributed by atoms with Crippen molar-refractivity contribution in [2.75, 3.05) is 19.6 Å². The van der Waals surface area contributed by atoms with Crippen molar-refractivity contribution in [3.05, 3.63) is 0 Å². The molecule has 0 saturated carbocycles. The normalized spacial score (nSPS) is 20.8. The van der Waals surface area contributed by atoms with Crippen molar-refractivity contribution in [2.45, 2.75) is 52.6 Å². The second kappa shape index (κ2) is 8.22. The molecule has 6 nitrogen and oxygen atoms in total. The van der Waals surface area contributed by atoms with Gasteiger partial charge in [0.05, 0.1) is 0 Å². The molecule has 0 aromatic heterocycles. The van der Waals surface area contributed by atoms with Crippen molar-refractivity contribution < 1.29 is 14.7 Å². The summed E-state index contributed by atoms with van der Waals surface area (Å²) in [6.07, 6.45) is 1.51. The quantitative estimate of drug-likeness (QED) is 0.665. The van der Waals surface area contributed by atoms with E-state index in [4.69, 9.17) is 5.11 Å². The maximum absolute atomic E-state index is 11.8. The van der Waals surface area contributed by atoms with Crippen LogP contribution in [-0.4, -0.2) is 53.7 Å². The maximum Gasteiger partial charge on any atom is 0.326 e. The molecule has 0 spiro atoms. The first kappa shape index (κ1) is 17.8. The maximum atomic E-state index is 11.8. The number of carboxylic acid groups (broad SMARTS) is 1. The van der Waals surface area contributed by atoms with Crippen molar-refractivity contribution in [1.29, 1.82) is 0 Å². The average Bonchev–Trinajstić information content (AvgIpc) is 2.83. The van der Waals surface area contributed by atoms with Crippen LogP contribution in [-0.2, 0) is 4.79 Å².